The molecule has 0 aliphatic carbocycles. The van der Waals surface area contributed by atoms with Crippen LogP contribution < -0.4 is 15.0 Å². The average Bonchev–Trinajstić information content (AvgIpc) is 3.26. The lowest BCUT2D eigenvalue weighted by atomic mass is 10.1. The Labute approximate surface area is 202 Å². The Hall–Kier alpha value is -4.09. The molecule has 2 heterocycles. The molecular weight excluding hydrogens is 480 g/mol. The number of nitro groups is 1. The van der Waals surface area contributed by atoms with Crippen LogP contribution in [0.1, 0.15) is 5.56 Å². The number of rotatable bonds is 7. The first kappa shape index (κ1) is 23.1. The summed E-state index contributed by atoms with van der Waals surface area (Å²) in [6, 6.07) is 12.1. The van der Waals surface area contributed by atoms with Gasteiger partial charge in [0.25, 0.3) is 11.6 Å². The highest BCUT2D eigenvalue weighted by atomic mass is 35.5. The molecular formula is C22H17ClN6O4S. The Bertz CT molecular complexity index is 1400. The van der Waals surface area contributed by atoms with E-state index in [1.54, 1.807) is 16.7 Å². The van der Waals surface area contributed by atoms with Gasteiger partial charge in [-0.05, 0) is 24.6 Å². The van der Waals surface area contributed by atoms with E-state index in [-0.39, 0.29) is 28.9 Å². The molecule has 172 valence electrons. The average molecular weight is 497 g/mol. The van der Waals surface area contributed by atoms with Gasteiger partial charge in [0, 0.05) is 28.9 Å². The number of hydrogen-bond acceptors (Lipinski definition) is 8. The topological polar surface area (TPSA) is 125 Å². The maximum Gasteiger partial charge on any atom is 0.294 e. The number of carbonyl (C=O) groups is 1. The fourth-order valence-electron chi connectivity index (χ4n) is 3.02. The van der Waals surface area contributed by atoms with Crippen molar-refractivity contribution in [2.75, 3.05) is 6.61 Å². The summed E-state index contributed by atoms with van der Waals surface area (Å²) in [5.74, 6) is -0.338. The molecule has 0 aliphatic heterocycles. The number of nitrogens with zero attached hydrogens (tertiary/aromatic N) is 5. The number of ether oxygens (including phenoxy) is 1. The standard InChI is InChI=1S/C22H17ClN6O4S/c1-14-2-4-15(5-3-14)19-13-34-22(27-26-20(30)12-33-21-11-24-8-9-25-21)28(19)17-7-6-16(23)10-18(17)29(31)32/h2-11,13H,12H2,1H3,(H,26,30)/b27-22-. The van der Waals surface area contributed by atoms with Crippen LogP contribution in [0.3, 0.4) is 0 Å². The molecule has 0 saturated heterocycles. The van der Waals surface area contributed by atoms with Gasteiger partial charge in [-0.1, -0.05) is 41.4 Å². The van der Waals surface area contributed by atoms with Crippen molar-refractivity contribution in [3.05, 3.63) is 91.9 Å². The van der Waals surface area contributed by atoms with Crippen molar-refractivity contribution >= 4 is 34.5 Å². The van der Waals surface area contributed by atoms with Crippen molar-refractivity contribution in [1.29, 1.82) is 0 Å². The minimum atomic E-state index is -0.534. The second-order valence-electron chi connectivity index (χ2n) is 6.97. The number of aryl methyl sites for hydroxylation is 1. The lowest BCUT2D eigenvalue weighted by molar-refractivity contribution is -0.384. The van der Waals surface area contributed by atoms with E-state index in [1.165, 1.54) is 36.0 Å². The number of thiazole rings is 1. The zero-order chi connectivity index (χ0) is 24.1. The largest absolute Gasteiger partial charge is 0.466 e. The Kier molecular flexibility index (Phi) is 6.95. The van der Waals surface area contributed by atoms with Crippen LogP contribution in [0, 0.1) is 17.0 Å². The molecule has 1 N–H and O–H groups in total. The minimum Gasteiger partial charge on any atom is -0.466 e. The van der Waals surface area contributed by atoms with Crippen LogP contribution in [0.15, 0.2) is 71.5 Å². The fourth-order valence-corrected chi connectivity index (χ4v) is 4.05. The molecule has 12 heteroatoms. The van der Waals surface area contributed by atoms with Gasteiger partial charge >= 0.3 is 0 Å². The Morgan fingerprint density at radius 2 is 2.06 bits per heavy atom. The van der Waals surface area contributed by atoms with Gasteiger partial charge in [-0.2, -0.15) is 0 Å². The highest BCUT2D eigenvalue weighted by Gasteiger charge is 2.20. The van der Waals surface area contributed by atoms with E-state index in [4.69, 9.17) is 16.3 Å². The molecule has 2 aromatic carbocycles. The van der Waals surface area contributed by atoms with Gasteiger partial charge in [-0.3, -0.25) is 24.5 Å². The zero-order valence-corrected chi connectivity index (χ0v) is 19.3. The molecule has 1 amide bonds. The molecule has 2 aromatic heterocycles. The number of amides is 1. The summed E-state index contributed by atoms with van der Waals surface area (Å²) in [4.78, 5) is 31.6. The molecule has 0 atom stereocenters. The molecule has 10 nitrogen and oxygen atoms in total. The SMILES string of the molecule is Cc1ccc(-c2cs/c(=N\NC(=O)COc3cnccn3)n2-c2ccc(Cl)cc2[N+](=O)[O-])cc1. The number of nitrogens with one attached hydrogen (secondary N) is 1. The normalized spacial score (nSPS) is 11.3. The molecule has 4 rings (SSSR count). The molecule has 0 saturated carbocycles. The van der Waals surface area contributed by atoms with Gasteiger partial charge in [0.05, 0.1) is 16.8 Å². The van der Waals surface area contributed by atoms with Crippen molar-refractivity contribution in [3.8, 4) is 22.8 Å². The summed E-state index contributed by atoms with van der Waals surface area (Å²) in [6.45, 7) is 1.63. The number of hydrogen-bond donors (Lipinski definition) is 1. The second kappa shape index (κ2) is 10.2. The van der Waals surface area contributed by atoms with E-state index in [9.17, 15) is 14.9 Å². The van der Waals surface area contributed by atoms with Gasteiger partial charge in [-0.25, -0.2) is 10.4 Å². The van der Waals surface area contributed by atoms with Crippen molar-refractivity contribution in [3.63, 3.8) is 0 Å². The van der Waals surface area contributed by atoms with Crippen LogP contribution in [-0.2, 0) is 4.79 Å². The van der Waals surface area contributed by atoms with Gasteiger partial charge < -0.3 is 4.74 Å². The predicted octanol–water partition coefficient (Wildman–Crippen LogP) is 3.88. The number of halogens is 1. The van der Waals surface area contributed by atoms with E-state index in [2.05, 4.69) is 20.5 Å². The minimum absolute atomic E-state index is 0.196. The van der Waals surface area contributed by atoms with Gasteiger partial charge in [0.1, 0.15) is 5.69 Å². The lowest BCUT2D eigenvalue weighted by Gasteiger charge is -2.10. The monoisotopic (exact) mass is 496 g/mol. The number of aromatic nitrogens is 3. The Balaban J connectivity index is 1.73. The Morgan fingerprint density at radius 3 is 2.76 bits per heavy atom. The molecule has 34 heavy (non-hydrogen) atoms. The fraction of sp³-hybridized carbons (Fsp3) is 0.0909. The van der Waals surface area contributed by atoms with E-state index < -0.39 is 10.8 Å². The van der Waals surface area contributed by atoms with Crippen molar-refractivity contribution in [2.45, 2.75) is 6.92 Å². The summed E-state index contributed by atoms with van der Waals surface area (Å²) in [5, 5.41) is 18.0. The van der Waals surface area contributed by atoms with Gasteiger partial charge in [-0.15, -0.1) is 16.4 Å². The Morgan fingerprint density at radius 1 is 1.26 bits per heavy atom. The van der Waals surface area contributed by atoms with Crippen LogP contribution >= 0.6 is 22.9 Å². The van der Waals surface area contributed by atoms with E-state index >= 15 is 0 Å². The van der Waals surface area contributed by atoms with Crippen LogP contribution in [0.25, 0.3) is 16.9 Å². The maximum absolute atomic E-state index is 12.3. The van der Waals surface area contributed by atoms with Gasteiger partial charge in [0.2, 0.25) is 10.7 Å². The maximum atomic E-state index is 12.3. The molecule has 0 spiro atoms. The summed E-state index contributed by atoms with van der Waals surface area (Å²) in [5.41, 5.74) is 5.05. The van der Waals surface area contributed by atoms with Crippen LogP contribution in [-0.4, -0.2) is 32.0 Å². The molecule has 0 aliphatic rings. The number of carbonyl (C=O) groups excluding carboxylic acids is 1. The lowest BCUT2D eigenvalue weighted by Crippen LogP contribution is -2.28. The third-order valence-electron chi connectivity index (χ3n) is 4.60. The highest BCUT2D eigenvalue weighted by molar-refractivity contribution is 7.07. The van der Waals surface area contributed by atoms with Crippen molar-refractivity contribution < 1.29 is 14.5 Å². The first-order valence-corrected chi connectivity index (χ1v) is 11.1. The number of benzene rings is 2. The molecule has 0 bridgehead atoms. The molecule has 4 aromatic rings. The number of nitro benzene ring substituents is 1. The second-order valence-corrected chi connectivity index (χ2v) is 8.25. The first-order valence-electron chi connectivity index (χ1n) is 9.85. The zero-order valence-electron chi connectivity index (χ0n) is 17.7. The van der Waals surface area contributed by atoms with Crippen LogP contribution in [0.2, 0.25) is 5.02 Å². The quantitative estimate of drug-likeness (QED) is 0.306. The third-order valence-corrected chi connectivity index (χ3v) is 5.66. The molecule has 0 fully saturated rings. The first-order chi connectivity index (χ1) is 16.4. The van der Waals surface area contributed by atoms with Crippen LogP contribution in [0.4, 0.5) is 5.69 Å². The highest BCUT2D eigenvalue weighted by Crippen LogP contribution is 2.30. The third kappa shape index (κ3) is 5.27. The molecule has 0 radical (unpaired) electrons. The van der Waals surface area contributed by atoms with E-state index in [1.807, 2.05) is 36.6 Å². The van der Waals surface area contributed by atoms with E-state index in [0.717, 1.165) is 11.1 Å². The smallest absolute Gasteiger partial charge is 0.294 e. The van der Waals surface area contributed by atoms with Crippen molar-refractivity contribution in [1.82, 2.24) is 20.0 Å². The van der Waals surface area contributed by atoms with E-state index in [0.29, 0.717) is 10.5 Å². The summed E-state index contributed by atoms with van der Waals surface area (Å²) in [7, 11) is 0. The molecule has 0 unspecified atom stereocenters. The summed E-state index contributed by atoms with van der Waals surface area (Å²) >= 11 is 7.22. The summed E-state index contributed by atoms with van der Waals surface area (Å²) < 4.78 is 6.87. The predicted molar refractivity (Wildman–Crippen MR) is 127 cm³/mol. The van der Waals surface area contributed by atoms with Crippen molar-refractivity contribution in [2.24, 2.45) is 5.10 Å². The van der Waals surface area contributed by atoms with Crippen LogP contribution in [0.5, 0.6) is 5.88 Å². The van der Waals surface area contributed by atoms with Gasteiger partial charge in [0.15, 0.2) is 6.61 Å². The summed E-state index contributed by atoms with van der Waals surface area (Å²) in [6.07, 6.45) is 4.31.